The molecule has 4 nitrogen and oxygen atoms in total. The molecule has 172 valence electrons. The van der Waals surface area contributed by atoms with Crippen molar-refractivity contribution in [3.8, 4) is 17.2 Å². The lowest BCUT2D eigenvalue weighted by Gasteiger charge is -2.36. The molecular formula is C29H33NO3. The quantitative estimate of drug-likeness (QED) is 0.438. The van der Waals surface area contributed by atoms with Gasteiger partial charge in [0.2, 0.25) is 0 Å². The zero-order chi connectivity index (χ0) is 23.4. The van der Waals surface area contributed by atoms with Crippen molar-refractivity contribution in [1.82, 2.24) is 4.90 Å². The van der Waals surface area contributed by atoms with Crippen molar-refractivity contribution in [2.75, 3.05) is 34.4 Å². The summed E-state index contributed by atoms with van der Waals surface area (Å²) in [7, 11) is 5.80. The number of ether oxygens (including phenoxy) is 3. The van der Waals surface area contributed by atoms with Gasteiger partial charge in [0.1, 0.15) is 29.5 Å². The lowest BCUT2D eigenvalue weighted by molar-refractivity contribution is 0.107. The Bertz CT molecular complexity index is 1130. The van der Waals surface area contributed by atoms with Crippen molar-refractivity contribution in [2.45, 2.75) is 25.9 Å². The maximum Gasteiger partial charge on any atom is 0.131 e. The molecule has 3 aromatic rings. The number of methoxy groups -OCH3 is 1. The van der Waals surface area contributed by atoms with Crippen LogP contribution in [0.25, 0.3) is 11.1 Å². The van der Waals surface area contributed by atoms with Crippen molar-refractivity contribution in [1.29, 1.82) is 0 Å². The molecule has 0 aromatic heterocycles. The molecule has 4 rings (SSSR count). The predicted molar refractivity (Wildman–Crippen MR) is 135 cm³/mol. The molecule has 0 spiro atoms. The van der Waals surface area contributed by atoms with Crippen LogP contribution in [0.5, 0.6) is 17.2 Å². The smallest absolute Gasteiger partial charge is 0.131 e. The standard InChI is InChI=1S/C29H33NO3/c1-29(2)20-25(23-16-15-22(31-5)19-27(23)33-29)28(21-11-7-6-8-12-21)24-13-9-10-14-26(24)32-18-17-30(3)4/h6-16,19H,17-18,20H2,1-5H3/b28-25-. The highest BCUT2D eigenvalue weighted by Crippen LogP contribution is 2.47. The first-order valence-corrected chi connectivity index (χ1v) is 11.4. The highest BCUT2D eigenvalue weighted by molar-refractivity contribution is 6.01. The summed E-state index contributed by atoms with van der Waals surface area (Å²) in [6.07, 6.45) is 0.780. The molecule has 0 atom stereocenters. The second-order valence-corrected chi connectivity index (χ2v) is 9.27. The van der Waals surface area contributed by atoms with Gasteiger partial charge < -0.3 is 19.1 Å². The Balaban J connectivity index is 1.94. The third-order valence-corrected chi connectivity index (χ3v) is 5.82. The Kier molecular flexibility index (Phi) is 6.75. The van der Waals surface area contributed by atoms with E-state index in [9.17, 15) is 0 Å². The summed E-state index contributed by atoms with van der Waals surface area (Å²) in [5.41, 5.74) is 5.43. The van der Waals surface area contributed by atoms with E-state index < -0.39 is 0 Å². The number of likely N-dealkylation sites (N-methyl/N-ethyl adjacent to an activating group) is 1. The van der Waals surface area contributed by atoms with Crippen LogP contribution in [0, 0.1) is 0 Å². The number of hydrogen-bond acceptors (Lipinski definition) is 4. The van der Waals surface area contributed by atoms with Crippen LogP contribution in [0.3, 0.4) is 0 Å². The van der Waals surface area contributed by atoms with Crippen molar-refractivity contribution in [2.24, 2.45) is 0 Å². The minimum absolute atomic E-state index is 0.352. The highest BCUT2D eigenvalue weighted by Gasteiger charge is 2.33. The summed E-state index contributed by atoms with van der Waals surface area (Å²) in [4.78, 5) is 2.13. The molecule has 1 aliphatic rings. The molecule has 0 bridgehead atoms. The van der Waals surface area contributed by atoms with Crippen LogP contribution in [0.1, 0.15) is 37.0 Å². The third kappa shape index (κ3) is 5.23. The Morgan fingerprint density at radius 2 is 1.70 bits per heavy atom. The van der Waals surface area contributed by atoms with Gasteiger partial charge in [-0.05, 0) is 62.9 Å². The molecule has 0 amide bonds. The lowest BCUT2D eigenvalue weighted by Crippen LogP contribution is -2.32. The van der Waals surface area contributed by atoms with Gasteiger partial charge in [-0.1, -0.05) is 48.5 Å². The molecular weight excluding hydrogens is 410 g/mol. The summed E-state index contributed by atoms with van der Waals surface area (Å²) in [5, 5.41) is 0. The summed E-state index contributed by atoms with van der Waals surface area (Å²) < 4.78 is 18.2. The van der Waals surface area contributed by atoms with Gasteiger partial charge >= 0.3 is 0 Å². The summed E-state index contributed by atoms with van der Waals surface area (Å²) in [6, 6.07) is 25.0. The molecule has 0 radical (unpaired) electrons. The van der Waals surface area contributed by atoms with Gasteiger partial charge in [-0.15, -0.1) is 0 Å². The first-order chi connectivity index (χ1) is 15.9. The Labute approximate surface area is 197 Å². The maximum atomic E-state index is 6.38. The fraction of sp³-hybridized carbons (Fsp3) is 0.310. The molecule has 0 saturated heterocycles. The fourth-order valence-corrected chi connectivity index (χ4v) is 4.28. The molecule has 4 heteroatoms. The van der Waals surface area contributed by atoms with Crippen LogP contribution < -0.4 is 14.2 Å². The highest BCUT2D eigenvalue weighted by atomic mass is 16.5. The number of rotatable bonds is 7. The predicted octanol–water partition coefficient (Wildman–Crippen LogP) is 6.16. The Hall–Kier alpha value is -3.24. The Morgan fingerprint density at radius 1 is 0.970 bits per heavy atom. The zero-order valence-corrected chi connectivity index (χ0v) is 20.2. The molecule has 33 heavy (non-hydrogen) atoms. The van der Waals surface area contributed by atoms with Crippen molar-refractivity contribution >= 4 is 11.1 Å². The minimum Gasteiger partial charge on any atom is -0.497 e. The fourth-order valence-electron chi connectivity index (χ4n) is 4.28. The van der Waals surface area contributed by atoms with E-state index in [2.05, 4.69) is 87.4 Å². The third-order valence-electron chi connectivity index (χ3n) is 5.82. The SMILES string of the molecule is COc1ccc2c(c1)OC(C)(C)C/C2=C(\c1ccccc1)c1ccccc1OCCN(C)C. The number of fused-ring (bicyclic) bond motifs is 1. The van der Waals surface area contributed by atoms with E-state index in [1.54, 1.807) is 7.11 Å². The molecule has 0 aliphatic carbocycles. The van der Waals surface area contributed by atoms with Crippen LogP contribution in [0.4, 0.5) is 0 Å². The van der Waals surface area contributed by atoms with Crippen LogP contribution in [-0.4, -0.2) is 44.9 Å². The lowest BCUT2D eigenvalue weighted by atomic mass is 9.81. The molecule has 3 aromatic carbocycles. The molecule has 0 unspecified atom stereocenters. The summed E-state index contributed by atoms with van der Waals surface area (Å²) in [6.45, 7) is 5.76. The van der Waals surface area contributed by atoms with Crippen LogP contribution in [0.15, 0.2) is 72.8 Å². The van der Waals surface area contributed by atoms with Crippen molar-refractivity contribution in [3.05, 3.63) is 89.5 Å². The van der Waals surface area contributed by atoms with Gasteiger partial charge in [-0.3, -0.25) is 0 Å². The zero-order valence-electron chi connectivity index (χ0n) is 20.2. The van der Waals surface area contributed by atoms with Crippen LogP contribution >= 0.6 is 0 Å². The average Bonchev–Trinajstić information content (AvgIpc) is 2.79. The van der Waals surface area contributed by atoms with Crippen molar-refractivity contribution < 1.29 is 14.2 Å². The average molecular weight is 444 g/mol. The van der Waals surface area contributed by atoms with E-state index in [1.807, 2.05) is 18.2 Å². The van der Waals surface area contributed by atoms with Gasteiger partial charge in [0.05, 0.1) is 7.11 Å². The van der Waals surface area contributed by atoms with E-state index in [4.69, 9.17) is 14.2 Å². The molecule has 0 fully saturated rings. The van der Waals surface area contributed by atoms with E-state index in [0.717, 1.165) is 46.9 Å². The largest absolute Gasteiger partial charge is 0.497 e. The molecule has 0 N–H and O–H groups in total. The first-order valence-electron chi connectivity index (χ1n) is 11.4. The van der Waals surface area contributed by atoms with E-state index in [0.29, 0.717) is 6.61 Å². The van der Waals surface area contributed by atoms with Gasteiger partial charge in [0.15, 0.2) is 0 Å². The summed E-state index contributed by atoms with van der Waals surface area (Å²) >= 11 is 0. The second kappa shape index (κ2) is 9.72. The molecule has 1 heterocycles. The topological polar surface area (TPSA) is 30.9 Å². The van der Waals surface area contributed by atoms with E-state index >= 15 is 0 Å². The van der Waals surface area contributed by atoms with Gasteiger partial charge in [0.25, 0.3) is 0 Å². The van der Waals surface area contributed by atoms with Crippen LogP contribution in [-0.2, 0) is 0 Å². The molecule has 1 aliphatic heterocycles. The number of para-hydroxylation sites is 1. The second-order valence-electron chi connectivity index (χ2n) is 9.27. The van der Waals surface area contributed by atoms with Gasteiger partial charge in [0, 0.05) is 30.2 Å². The van der Waals surface area contributed by atoms with Crippen LogP contribution in [0.2, 0.25) is 0 Å². The monoisotopic (exact) mass is 443 g/mol. The normalized spacial score (nSPS) is 16.1. The summed E-state index contributed by atoms with van der Waals surface area (Å²) in [5.74, 6) is 2.53. The Morgan fingerprint density at radius 3 is 2.42 bits per heavy atom. The van der Waals surface area contributed by atoms with E-state index in [-0.39, 0.29) is 5.60 Å². The number of hydrogen-bond donors (Lipinski definition) is 0. The van der Waals surface area contributed by atoms with E-state index in [1.165, 1.54) is 11.1 Å². The van der Waals surface area contributed by atoms with Crippen molar-refractivity contribution in [3.63, 3.8) is 0 Å². The molecule has 0 saturated carbocycles. The minimum atomic E-state index is -0.352. The van der Waals surface area contributed by atoms with Gasteiger partial charge in [-0.25, -0.2) is 0 Å². The van der Waals surface area contributed by atoms with Gasteiger partial charge in [-0.2, -0.15) is 0 Å². The number of nitrogens with zero attached hydrogens (tertiary/aromatic N) is 1. The maximum absolute atomic E-state index is 6.38. The number of benzene rings is 3. The first kappa shape index (κ1) is 22.9.